The highest BCUT2D eigenvalue weighted by Gasteiger charge is 1.98. The van der Waals surface area contributed by atoms with Crippen LogP contribution in [0, 0.1) is 6.42 Å². The van der Waals surface area contributed by atoms with Gasteiger partial charge in [0.1, 0.15) is 0 Å². The van der Waals surface area contributed by atoms with E-state index in [0.717, 1.165) is 0 Å². The lowest BCUT2D eigenvalue weighted by Gasteiger charge is -2.03. The van der Waals surface area contributed by atoms with Crippen molar-refractivity contribution >= 4 is 10.8 Å². The summed E-state index contributed by atoms with van der Waals surface area (Å²) in [5.74, 6) is 0. The fourth-order valence-electron chi connectivity index (χ4n) is 2.04. The van der Waals surface area contributed by atoms with Gasteiger partial charge in [-0.1, -0.05) is 72.8 Å². The maximum Gasteiger partial charge on any atom is 0.0199 e. The zero-order valence-electron chi connectivity index (χ0n) is 9.51. The Morgan fingerprint density at radius 2 is 1.24 bits per heavy atom. The second-order valence-corrected chi connectivity index (χ2v) is 4.16. The van der Waals surface area contributed by atoms with Crippen LogP contribution in [-0.2, 0) is 0 Å². The predicted molar refractivity (Wildman–Crippen MR) is 72.9 cm³/mol. The molecule has 1 radical (unpaired) electrons. The largest absolute Gasteiger partial charge is 0.0622 e. The van der Waals surface area contributed by atoms with Gasteiger partial charge in [-0.15, -0.1) is 0 Å². The first-order valence-electron chi connectivity index (χ1n) is 5.80. The smallest absolute Gasteiger partial charge is 0.0199 e. The fourth-order valence-corrected chi connectivity index (χ4v) is 2.04. The highest BCUT2D eigenvalue weighted by Crippen LogP contribution is 2.18. The van der Waals surface area contributed by atoms with Gasteiger partial charge in [0.25, 0.3) is 0 Å². The average molecular weight is 217 g/mol. The molecule has 0 fully saturated rings. The van der Waals surface area contributed by atoms with E-state index in [4.69, 9.17) is 0 Å². The van der Waals surface area contributed by atoms with Crippen molar-refractivity contribution in [3.63, 3.8) is 0 Å². The van der Waals surface area contributed by atoms with Gasteiger partial charge >= 0.3 is 0 Å². The molecular weight excluding hydrogens is 204 g/mol. The van der Waals surface area contributed by atoms with Crippen molar-refractivity contribution in [3.8, 4) is 0 Å². The molecule has 0 heteroatoms. The van der Waals surface area contributed by atoms with Crippen molar-refractivity contribution < 1.29 is 0 Å². The molecule has 0 spiro atoms. The van der Waals surface area contributed by atoms with E-state index in [0.29, 0.717) is 0 Å². The van der Waals surface area contributed by atoms with Crippen LogP contribution in [0.25, 0.3) is 10.8 Å². The Kier molecular flexibility index (Phi) is 2.63. The van der Waals surface area contributed by atoms with Gasteiger partial charge in [-0.2, -0.15) is 0 Å². The van der Waals surface area contributed by atoms with E-state index >= 15 is 0 Å². The molecule has 0 heterocycles. The number of hydrogen-bond donors (Lipinski definition) is 0. The molecule has 0 atom stereocenters. The molecule has 0 saturated carbocycles. The Labute approximate surface area is 102 Å². The van der Waals surface area contributed by atoms with Gasteiger partial charge in [0.05, 0.1) is 0 Å². The zero-order chi connectivity index (χ0) is 11.5. The second kappa shape index (κ2) is 4.42. The molecule has 3 aromatic carbocycles. The molecule has 17 heavy (non-hydrogen) atoms. The first kappa shape index (κ1) is 10.1. The van der Waals surface area contributed by atoms with Gasteiger partial charge in [0.2, 0.25) is 0 Å². The van der Waals surface area contributed by atoms with Crippen LogP contribution in [0.5, 0.6) is 0 Å². The normalized spacial score (nSPS) is 10.6. The van der Waals surface area contributed by atoms with Crippen molar-refractivity contribution in [2.75, 3.05) is 0 Å². The Balaban J connectivity index is 1.96. The topological polar surface area (TPSA) is 0 Å². The molecule has 0 N–H and O–H groups in total. The third-order valence-electron chi connectivity index (χ3n) is 2.91. The highest BCUT2D eigenvalue weighted by atomic mass is 14.0. The van der Waals surface area contributed by atoms with Gasteiger partial charge in [-0.3, -0.25) is 0 Å². The third kappa shape index (κ3) is 2.21. The summed E-state index contributed by atoms with van der Waals surface area (Å²) >= 11 is 0. The molecule has 0 saturated heterocycles. The lowest BCUT2D eigenvalue weighted by Crippen LogP contribution is -1.84. The molecule has 3 aromatic rings. The van der Waals surface area contributed by atoms with Crippen molar-refractivity contribution in [3.05, 3.63) is 90.3 Å². The van der Waals surface area contributed by atoms with E-state index in [1.165, 1.54) is 21.9 Å². The van der Waals surface area contributed by atoms with Crippen LogP contribution in [-0.4, -0.2) is 0 Å². The molecule has 0 bridgehead atoms. The maximum atomic E-state index is 2.22. The fraction of sp³-hybridized carbons (Fsp3) is 0. The lowest BCUT2D eigenvalue weighted by atomic mass is 10.0. The lowest BCUT2D eigenvalue weighted by molar-refractivity contribution is 1.45. The number of hydrogen-bond acceptors (Lipinski definition) is 0. The van der Waals surface area contributed by atoms with Crippen LogP contribution in [0.4, 0.5) is 0 Å². The molecule has 0 aliphatic carbocycles. The summed E-state index contributed by atoms with van der Waals surface area (Å²) in [4.78, 5) is 0. The molecule has 3 rings (SSSR count). The van der Waals surface area contributed by atoms with E-state index in [2.05, 4.69) is 73.2 Å². The van der Waals surface area contributed by atoms with E-state index in [1.54, 1.807) is 0 Å². The van der Waals surface area contributed by atoms with Gasteiger partial charge < -0.3 is 0 Å². The van der Waals surface area contributed by atoms with Crippen LogP contribution >= 0.6 is 0 Å². The molecule has 0 amide bonds. The first-order valence-corrected chi connectivity index (χ1v) is 5.80. The van der Waals surface area contributed by atoms with Crippen LogP contribution in [0.2, 0.25) is 0 Å². The Morgan fingerprint density at radius 1 is 0.529 bits per heavy atom. The zero-order valence-corrected chi connectivity index (χ0v) is 9.51. The molecule has 0 aliphatic heterocycles. The van der Waals surface area contributed by atoms with Crippen molar-refractivity contribution in [1.82, 2.24) is 0 Å². The SMILES string of the molecule is [CH](c1ccccc1)c1ccc2ccccc2c1. The first-order chi connectivity index (χ1) is 8.42. The standard InChI is InChI=1S/C17H13/c1-2-6-14(7-3-1)12-15-10-11-16-8-4-5-9-17(16)13-15/h1-13H. The van der Waals surface area contributed by atoms with E-state index in [9.17, 15) is 0 Å². The second-order valence-electron chi connectivity index (χ2n) is 4.16. The minimum absolute atomic E-state index is 1.24. The number of rotatable bonds is 2. The summed E-state index contributed by atoms with van der Waals surface area (Å²) in [6.45, 7) is 0. The maximum absolute atomic E-state index is 2.22. The van der Waals surface area contributed by atoms with Gasteiger partial charge in [0, 0.05) is 6.42 Å². The average Bonchev–Trinajstić information content (AvgIpc) is 2.40. The van der Waals surface area contributed by atoms with Crippen molar-refractivity contribution in [2.24, 2.45) is 0 Å². The van der Waals surface area contributed by atoms with Crippen LogP contribution in [0.15, 0.2) is 72.8 Å². The molecule has 0 nitrogen and oxygen atoms in total. The Hall–Kier alpha value is -2.08. The molecule has 0 aromatic heterocycles. The summed E-state index contributed by atoms with van der Waals surface area (Å²) < 4.78 is 0. The van der Waals surface area contributed by atoms with E-state index in [1.807, 2.05) is 6.07 Å². The summed E-state index contributed by atoms with van der Waals surface area (Å²) in [7, 11) is 0. The summed E-state index contributed by atoms with van der Waals surface area (Å²) in [6.07, 6.45) is 2.20. The predicted octanol–water partition coefficient (Wildman–Crippen LogP) is 4.44. The Morgan fingerprint density at radius 3 is 2.06 bits per heavy atom. The van der Waals surface area contributed by atoms with Crippen LogP contribution < -0.4 is 0 Å². The van der Waals surface area contributed by atoms with E-state index in [-0.39, 0.29) is 0 Å². The molecule has 81 valence electrons. The minimum atomic E-state index is 1.24. The quantitative estimate of drug-likeness (QED) is 0.595. The summed E-state index contributed by atoms with van der Waals surface area (Å²) in [5.41, 5.74) is 2.48. The highest BCUT2D eigenvalue weighted by molar-refractivity contribution is 5.83. The molecule has 0 aliphatic rings. The molecular formula is C17H13. The van der Waals surface area contributed by atoms with Crippen molar-refractivity contribution in [2.45, 2.75) is 0 Å². The van der Waals surface area contributed by atoms with Crippen molar-refractivity contribution in [1.29, 1.82) is 0 Å². The van der Waals surface area contributed by atoms with Crippen LogP contribution in [0.3, 0.4) is 0 Å². The van der Waals surface area contributed by atoms with Gasteiger partial charge in [-0.25, -0.2) is 0 Å². The van der Waals surface area contributed by atoms with E-state index < -0.39 is 0 Å². The van der Waals surface area contributed by atoms with Crippen LogP contribution in [0.1, 0.15) is 11.1 Å². The van der Waals surface area contributed by atoms with Gasteiger partial charge in [0.15, 0.2) is 0 Å². The summed E-state index contributed by atoms with van der Waals surface area (Å²) in [5, 5.41) is 2.58. The minimum Gasteiger partial charge on any atom is -0.0622 e. The van der Waals surface area contributed by atoms with Gasteiger partial charge in [-0.05, 0) is 21.9 Å². The number of fused-ring (bicyclic) bond motifs is 1. The third-order valence-corrected chi connectivity index (χ3v) is 2.91. The summed E-state index contributed by atoms with van der Waals surface area (Å²) in [6, 6.07) is 25.4. The monoisotopic (exact) mass is 217 g/mol. The molecule has 0 unspecified atom stereocenters. The Bertz CT molecular complexity index is 624. The number of benzene rings is 3.